The predicted molar refractivity (Wildman–Crippen MR) is 64.3 cm³/mol. The number of carboxylic acid groups (broad SMARTS) is 1. The zero-order valence-electron chi connectivity index (χ0n) is 9.43. The van der Waals surface area contributed by atoms with Gasteiger partial charge in [-0.2, -0.15) is 0 Å². The van der Waals surface area contributed by atoms with E-state index in [1.54, 1.807) is 18.3 Å². The smallest absolute Gasteiger partial charge is 0.322 e. The summed E-state index contributed by atoms with van der Waals surface area (Å²) in [5.74, 6) is -1.40. The van der Waals surface area contributed by atoms with Crippen molar-refractivity contribution < 1.29 is 19.8 Å². The fourth-order valence-corrected chi connectivity index (χ4v) is 1.78. The summed E-state index contributed by atoms with van der Waals surface area (Å²) in [6.45, 7) is -0.410. The number of aromatic amines is 1. The third-order valence-electron chi connectivity index (χ3n) is 2.55. The highest BCUT2D eigenvalue weighted by Crippen LogP contribution is 2.27. The minimum atomic E-state index is -1.09. The van der Waals surface area contributed by atoms with Crippen LogP contribution in [0.2, 0.25) is 0 Å². The molecule has 2 rings (SSSR count). The fraction of sp³-hybridized carbons (Fsp3) is 0.167. The average molecular weight is 248 g/mol. The molecule has 0 aliphatic heterocycles. The van der Waals surface area contributed by atoms with Crippen molar-refractivity contribution in [3.05, 3.63) is 30.0 Å². The van der Waals surface area contributed by atoms with Gasteiger partial charge in [0.2, 0.25) is 5.91 Å². The summed E-state index contributed by atoms with van der Waals surface area (Å²) >= 11 is 0. The van der Waals surface area contributed by atoms with E-state index in [1.807, 2.05) is 0 Å². The van der Waals surface area contributed by atoms with Crippen molar-refractivity contribution in [1.29, 1.82) is 0 Å². The molecule has 18 heavy (non-hydrogen) atoms. The average Bonchev–Trinajstić information content (AvgIpc) is 2.71. The molecule has 1 heterocycles. The molecule has 0 saturated heterocycles. The molecule has 0 fully saturated rings. The highest BCUT2D eigenvalue weighted by molar-refractivity contribution is 5.93. The van der Waals surface area contributed by atoms with Gasteiger partial charge < -0.3 is 20.5 Å². The van der Waals surface area contributed by atoms with E-state index in [0.29, 0.717) is 10.9 Å². The maximum absolute atomic E-state index is 11.5. The number of phenols is 1. The number of aliphatic carboxylic acids is 1. The Morgan fingerprint density at radius 2 is 2.11 bits per heavy atom. The molecule has 0 unspecified atom stereocenters. The first-order chi connectivity index (χ1) is 8.58. The molecule has 0 bridgehead atoms. The van der Waals surface area contributed by atoms with Crippen LogP contribution < -0.4 is 5.32 Å². The second kappa shape index (κ2) is 4.79. The van der Waals surface area contributed by atoms with Gasteiger partial charge in [-0.25, -0.2) is 0 Å². The topological polar surface area (TPSA) is 102 Å². The summed E-state index contributed by atoms with van der Waals surface area (Å²) < 4.78 is 0. The number of rotatable bonds is 4. The van der Waals surface area contributed by atoms with E-state index in [2.05, 4.69) is 10.3 Å². The van der Waals surface area contributed by atoms with E-state index >= 15 is 0 Å². The molecule has 0 aliphatic carbocycles. The molecule has 2 aromatic rings. The third-order valence-corrected chi connectivity index (χ3v) is 2.55. The lowest BCUT2D eigenvalue weighted by Crippen LogP contribution is -2.30. The van der Waals surface area contributed by atoms with Crippen LogP contribution in [-0.2, 0) is 16.0 Å². The van der Waals surface area contributed by atoms with Crippen LogP contribution in [0, 0.1) is 0 Å². The molecule has 0 aliphatic rings. The molecule has 94 valence electrons. The number of H-pyrrole nitrogens is 1. The molecular formula is C12H12N2O4. The summed E-state index contributed by atoms with van der Waals surface area (Å²) in [5, 5.41) is 21.0. The molecule has 1 aromatic heterocycles. The number of amides is 1. The van der Waals surface area contributed by atoms with Crippen molar-refractivity contribution >= 4 is 22.8 Å². The Morgan fingerprint density at radius 3 is 2.83 bits per heavy atom. The van der Waals surface area contributed by atoms with Gasteiger partial charge in [-0.05, 0) is 17.7 Å². The Morgan fingerprint density at radius 1 is 1.33 bits per heavy atom. The van der Waals surface area contributed by atoms with Crippen LogP contribution in [0.15, 0.2) is 24.4 Å². The largest absolute Gasteiger partial charge is 0.507 e. The SMILES string of the molecule is O=C(O)CNC(=O)Cc1c[nH]c2cccc(O)c12. The first kappa shape index (κ1) is 12.0. The molecule has 6 heteroatoms. The second-order valence-electron chi connectivity index (χ2n) is 3.86. The lowest BCUT2D eigenvalue weighted by molar-refractivity contribution is -0.137. The summed E-state index contributed by atoms with van der Waals surface area (Å²) in [4.78, 5) is 24.8. The number of carbonyl (C=O) groups excluding carboxylic acids is 1. The van der Waals surface area contributed by atoms with Crippen LogP contribution in [0.4, 0.5) is 0 Å². The monoisotopic (exact) mass is 248 g/mol. The molecule has 1 amide bonds. The van der Waals surface area contributed by atoms with Crippen LogP contribution in [0.5, 0.6) is 5.75 Å². The summed E-state index contributed by atoms with van der Waals surface area (Å²) in [7, 11) is 0. The van der Waals surface area contributed by atoms with Crippen molar-refractivity contribution in [1.82, 2.24) is 10.3 Å². The highest BCUT2D eigenvalue weighted by atomic mass is 16.4. The molecule has 0 radical (unpaired) electrons. The number of hydrogen-bond donors (Lipinski definition) is 4. The van der Waals surface area contributed by atoms with Gasteiger partial charge in [0.1, 0.15) is 12.3 Å². The minimum Gasteiger partial charge on any atom is -0.507 e. The number of nitrogens with one attached hydrogen (secondary N) is 2. The lowest BCUT2D eigenvalue weighted by Gasteiger charge is -2.02. The third kappa shape index (κ3) is 2.42. The van der Waals surface area contributed by atoms with Crippen molar-refractivity contribution in [2.24, 2.45) is 0 Å². The van der Waals surface area contributed by atoms with Gasteiger partial charge in [-0.3, -0.25) is 9.59 Å². The first-order valence-corrected chi connectivity index (χ1v) is 5.34. The molecular weight excluding hydrogens is 236 g/mol. The molecule has 1 aromatic carbocycles. The van der Waals surface area contributed by atoms with E-state index in [1.165, 1.54) is 6.07 Å². The quantitative estimate of drug-likeness (QED) is 0.636. The summed E-state index contributed by atoms with van der Waals surface area (Å²) in [6, 6.07) is 5.02. The number of phenolic OH excluding ortho intramolecular Hbond substituents is 1. The van der Waals surface area contributed by atoms with E-state index < -0.39 is 18.4 Å². The Hall–Kier alpha value is -2.50. The van der Waals surface area contributed by atoms with Crippen molar-refractivity contribution in [3.8, 4) is 5.75 Å². The van der Waals surface area contributed by atoms with Crippen LogP contribution in [-0.4, -0.2) is 33.6 Å². The molecule has 0 atom stereocenters. The van der Waals surface area contributed by atoms with Gasteiger partial charge in [0.25, 0.3) is 0 Å². The maximum atomic E-state index is 11.5. The number of aromatic hydroxyl groups is 1. The summed E-state index contributed by atoms with van der Waals surface area (Å²) in [6.07, 6.45) is 1.65. The Labute approximate surface area is 102 Å². The van der Waals surface area contributed by atoms with Gasteiger partial charge in [0, 0.05) is 17.1 Å². The van der Waals surface area contributed by atoms with E-state index in [9.17, 15) is 14.7 Å². The Bertz CT molecular complexity index is 603. The number of benzene rings is 1. The van der Waals surface area contributed by atoms with Gasteiger partial charge in [-0.15, -0.1) is 0 Å². The molecule has 6 nitrogen and oxygen atoms in total. The van der Waals surface area contributed by atoms with E-state index in [-0.39, 0.29) is 12.2 Å². The predicted octanol–water partition coefficient (Wildman–Crippen LogP) is 0.617. The van der Waals surface area contributed by atoms with Gasteiger partial charge >= 0.3 is 5.97 Å². The van der Waals surface area contributed by atoms with Gasteiger partial charge in [0.15, 0.2) is 0 Å². The zero-order valence-corrected chi connectivity index (χ0v) is 9.43. The van der Waals surface area contributed by atoms with Crippen molar-refractivity contribution in [3.63, 3.8) is 0 Å². The molecule has 0 spiro atoms. The fourth-order valence-electron chi connectivity index (χ4n) is 1.78. The summed E-state index contributed by atoms with van der Waals surface area (Å²) in [5.41, 5.74) is 1.36. The first-order valence-electron chi connectivity index (χ1n) is 5.34. The van der Waals surface area contributed by atoms with E-state index in [0.717, 1.165) is 5.52 Å². The van der Waals surface area contributed by atoms with Gasteiger partial charge in [-0.1, -0.05) is 6.07 Å². The number of carboxylic acids is 1. The molecule has 4 N–H and O–H groups in total. The van der Waals surface area contributed by atoms with Crippen molar-refractivity contribution in [2.75, 3.05) is 6.54 Å². The van der Waals surface area contributed by atoms with Crippen LogP contribution in [0.1, 0.15) is 5.56 Å². The van der Waals surface area contributed by atoms with Crippen molar-refractivity contribution in [2.45, 2.75) is 6.42 Å². The number of hydrogen-bond acceptors (Lipinski definition) is 3. The van der Waals surface area contributed by atoms with Crippen LogP contribution in [0.25, 0.3) is 10.9 Å². The second-order valence-corrected chi connectivity index (χ2v) is 3.86. The molecule has 0 saturated carbocycles. The zero-order chi connectivity index (χ0) is 13.1. The van der Waals surface area contributed by atoms with E-state index in [4.69, 9.17) is 5.11 Å². The Balaban J connectivity index is 2.17. The van der Waals surface area contributed by atoms with Crippen LogP contribution >= 0.6 is 0 Å². The van der Waals surface area contributed by atoms with Gasteiger partial charge in [0.05, 0.1) is 6.42 Å². The maximum Gasteiger partial charge on any atom is 0.322 e. The van der Waals surface area contributed by atoms with Crippen LogP contribution in [0.3, 0.4) is 0 Å². The highest BCUT2D eigenvalue weighted by Gasteiger charge is 2.12. The number of carbonyl (C=O) groups is 2. The normalized spacial score (nSPS) is 10.4. The standard InChI is InChI=1S/C12H12N2O4/c15-9-3-1-2-8-12(9)7(5-13-8)4-10(16)14-6-11(17)18/h1-3,5,13,15H,4,6H2,(H,14,16)(H,17,18). The number of aromatic nitrogens is 1. The Kier molecular flexibility index (Phi) is 3.18. The number of fused-ring (bicyclic) bond motifs is 1. The lowest BCUT2D eigenvalue weighted by atomic mass is 10.1. The minimum absolute atomic E-state index is 0.0187.